The van der Waals surface area contributed by atoms with Gasteiger partial charge >= 0.3 is 5.97 Å². The molecule has 1 amide bonds. The summed E-state index contributed by atoms with van der Waals surface area (Å²) >= 11 is 0. The maximum atomic E-state index is 12.9. The lowest BCUT2D eigenvalue weighted by Gasteiger charge is -2.24. The van der Waals surface area contributed by atoms with Crippen LogP contribution in [0.5, 0.6) is 0 Å². The molecule has 5 nitrogen and oxygen atoms in total. The van der Waals surface area contributed by atoms with E-state index in [4.69, 9.17) is 0 Å². The molecule has 3 rings (SSSR count). The Morgan fingerprint density at radius 3 is 2.64 bits per heavy atom. The number of hydrogen-bond acceptors (Lipinski definition) is 2. The van der Waals surface area contributed by atoms with Gasteiger partial charge in [0.15, 0.2) is 0 Å². The Kier molecular flexibility index (Phi) is 3.75. The van der Waals surface area contributed by atoms with E-state index in [1.54, 1.807) is 4.90 Å². The van der Waals surface area contributed by atoms with E-state index in [9.17, 15) is 14.7 Å². The van der Waals surface area contributed by atoms with E-state index in [2.05, 4.69) is 11.5 Å². The number of aromatic nitrogens is 1. The van der Waals surface area contributed by atoms with Crippen LogP contribution in [-0.4, -0.2) is 39.0 Å². The highest BCUT2D eigenvalue weighted by molar-refractivity contribution is 5.98. The maximum Gasteiger partial charge on any atom is 0.326 e. The summed E-state index contributed by atoms with van der Waals surface area (Å²) in [4.78, 5) is 26.3. The molecule has 0 bridgehead atoms. The van der Waals surface area contributed by atoms with Gasteiger partial charge in [-0.1, -0.05) is 6.42 Å². The van der Waals surface area contributed by atoms with Crippen LogP contribution in [0.1, 0.15) is 47.9 Å². The zero-order chi connectivity index (χ0) is 16.0. The van der Waals surface area contributed by atoms with Crippen molar-refractivity contribution in [2.45, 2.75) is 52.6 Å². The summed E-state index contributed by atoms with van der Waals surface area (Å²) in [7, 11) is 0. The molecule has 2 heterocycles. The zero-order valence-corrected chi connectivity index (χ0v) is 13.5. The van der Waals surface area contributed by atoms with Crippen molar-refractivity contribution in [2.24, 2.45) is 11.8 Å². The Morgan fingerprint density at radius 2 is 2.05 bits per heavy atom. The normalized spacial score (nSPS) is 27.2. The summed E-state index contributed by atoms with van der Waals surface area (Å²) in [6, 6.07) is 1.25. The van der Waals surface area contributed by atoms with Crippen molar-refractivity contribution in [3.63, 3.8) is 0 Å². The van der Waals surface area contributed by atoms with Gasteiger partial charge in [-0.15, -0.1) is 0 Å². The van der Waals surface area contributed by atoms with Crippen molar-refractivity contribution in [3.8, 4) is 0 Å². The van der Waals surface area contributed by atoms with E-state index in [1.165, 1.54) is 0 Å². The molecule has 1 aromatic rings. The monoisotopic (exact) mass is 304 g/mol. The highest BCUT2D eigenvalue weighted by atomic mass is 16.4. The number of carbonyl (C=O) groups is 2. The van der Waals surface area contributed by atoms with Gasteiger partial charge in [-0.3, -0.25) is 4.79 Å². The fourth-order valence-corrected chi connectivity index (χ4v) is 4.49. The summed E-state index contributed by atoms with van der Waals surface area (Å²) in [6.07, 6.45) is 3.07. The van der Waals surface area contributed by atoms with Crippen molar-refractivity contribution < 1.29 is 14.7 Å². The van der Waals surface area contributed by atoms with Crippen LogP contribution < -0.4 is 0 Å². The van der Waals surface area contributed by atoms with Crippen LogP contribution in [0.25, 0.3) is 0 Å². The van der Waals surface area contributed by atoms with E-state index >= 15 is 0 Å². The molecule has 22 heavy (non-hydrogen) atoms. The lowest BCUT2D eigenvalue weighted by Crippen LogP contribution is -2.43. The van der Waals surface area contributed by atoms with Crippen molar-refractivity contribution >= 4 is 11.9 Å². The molecule has 0 spiro atoms. The van der Waals surface area contributed by atoms with Gasteiger partial charge in [0.2, 0.25) is 0 Å². The van der Waals surface area contributed by atoms with E-state index < -0.39 is 12.0 Å². The second-order valence-electron chi connectivity index (χ2n) is 6.62. The number of likely N-dealkylation sites (tertiary alicyclic amines) is 1. The molecule has 1 aromatic heterocycles. The van der Waals surface area contributed by atoms with E-state index in [1.807, 2.05) is 19.9 Å². The first-order chi connectivity index (χ1) is 10.5. The molecule has 2 fully saturated rings. The van der Waals surface area contributed by atoms with Gasteiger partial charge in [-0.2, -0.15) is 0 Å². The van der Waals surface area contributed by atoms with E-state index in [0.29, 0.717) is 18.0 Å². The molecule has 1 saturated carbocycles. The fraction of sp³-hybridized carbons (Fsp3) is 0.647. The van der Waals surface area contributed by atoms with Crippen LogP contribution in [0.4, 0.5) is 0 Å². The molecule has 1 N–H and O–H groups in total. The first-order valence-corrected chi connectivity index (χ1v) is 8.16. The molecule has 3 unspecified atom stereocenters. The Balaban J connectivity index is 1.93. The molecule has 1 aliphatic carbocycles. The molecule has 1 saturated heterocycles. The van der Waals surface area contributed by atoms with Crippen LogP contribution in [0.3, 0.4) is 0 Å². The summed E-state index contributed by atoms with van der Waals surface area (Å²) in [5, 5.41) is 9.60. The third-order valence-corrected chi connectivity index (χ3v) is 5.52. The first kappa shape index (κ1) is 15.1. The van der Waals surface area contributed by atoms with Crippen molar-refractivity contribution in [1.29, 1.82) is 0 Å². The summed E-state index contributed by atoms with van der Waals surface area (Å²) in [5.74, 6) is -0.475. The molecule has 5 heteroatoms. The molecule has 0 aromatic carbocycles. The number of fused-ring (bicyclic) bond motifs is 1. The molecule has 2 aliphatic rings. The fourth-order valence-electron chi connectivity index (χ4n) is 4.49. The number of rotatable bonds is 3. The Labute approximate surface area is 130 Å². The van der Waals surface area contributed by atoms with Crippen LogP contribution in [0.15, 0.2) is 6.07 Å². The third kappa shape index (κ3) is 2.14. The quantitative estimate of drug-likeness (QED) is 0.933. The number of nitrogens with zero attached hydrogens (tertiary/aromatic N) is 2. The molecule has 120 valence electrons. The van der Waals surface area contributed by atoms with Gasteiger partial charge < -0.3 is 14.6 Å². The Morgan fingerprint density at radius 1 is 1.32 bits per heavy atom. The van der Waals surface area contributed by atoms with Gasteiger partial charge in [0.05, 0.1) is 5.56 Å². The molecular formula is C17H24N2O3. The van der Waals surface area contributed by atoms with Crippen LogP contribution >= 0.6 is 0 Å². The lowest BCUT2D eigenvalue weighted by atomic mass is 9.94. The van der Waals surface area contributed by atoms with Gasteiger partial charge in [0.25, 0.3) is 5.91 Å². The number of aryl methyl sites for hydroxylation is 1. The van der Waals surface area contributed by atoms with Crippen molar-refractivity contribution in [3.05, 3.63) is 23.0 Å². The van der Waals surface area contributed by atoms with Gasteiger partial charge in [0, 0.05) is 24.5 Å². The largest absolute Gasteiger partial charge is 0.480 e. The predicted octanol–water partition coefficient (Wildman–Crippen LogP) is 2.45. The lowest BCUT2D eigenvalue weighted by molar-refractivity contribution is -0.142. The highest BCUT2D eigenvalue weighted by Crippen LogP contribution is 2.43. The molecule has 0 radical (unpaired) electrons. The molecule has 1 aliphatic heterocycles. The number of carboxylic acids is 1. The highest BCUT2D eigenvalue weighted by Gasteiger charge is 2.49. The first-order valence-electron chi connectivity index (χ1n) is 8.16. The minimum Gasteiger partial charge on any atom is -0.480 e. The predicted molar refractivity (Wildman–Crippen MR) is 82.9 cm³/mol. The Bertz CT molecular complexity index is 620. The number of amides is 1. The van der Waals surface area contributed by atoms with Gasteiger partial charge in [-0.25, -0.2) is 4.79 Å². The molecule has 3 atom stereocenters. The zero-order valence-electron chi connectivity index (χ0n) is 13.5. The average molecular weight is 304 g/mol. The second-order valence-corrected chi connectivity index (χ2v) is 6.62. The summed E-state index contributed by atoms with van der Waals surface area (Å²) in [6.45, 7) is 7.39. The van der Waals surface area contributed by atoms with Crippen molar-refractivity contribution in [2.75, 3.05) is 6.54 Å². The van der Waals surface area contributed by atoms with E-state index in [-0.39, 0.29) is 11.8 Å². The van der Waals surface area contributed by atoms with E-state index in [0.717, 1.165) is 37.2 Å². The summed E-state index contributed by atoms with van der Waals surface area (Å²) < 4.78 is 2.10. The average Bonchev–Trinajstić information content (AvgIpc) is 3.10. The second kappa shape index (κ2) is 5.45. The minimum atomic E-state index is -0.855. The Hall–Kier alpha value is -1.78. The number of carbonyl (C=O) groups excluding carboxylic acids is 1. The minimum absolute atomic E-state index is 0.116. The van der Waals surface area contributed by atoms with Crippen LogP contribution in [0.2, 0.25) is 0 Å². The van der Waals surface area contributed by atoms with Gasteiger partial charge in [-0.05, 0) is 51.5 Å². The maximum absolute atomic E-state index is 12.9. The van der Waals surface area contributed by atoms with Crippen LogP contribution in [0, 0.1) is 25.7 Å². The smallest absolute Gasteiger partial charge is 0.326 e. The SMILES string of the molecule is CCn1c(C)cc(C(=O)N2CC3CCCC3C2C(=O)O)c1C. The number of aliphatic carboxylic acids is 1. The standard InChI is InChI=1S/C17H24N2O3/c1-4-18-10(2)8-14(11(18)3)16(20)19-9-12-6-5-7-13(12)15(19)17(21)22/h8,12-13,15H,4-7,9H2,1-3H3,(H,21,22). The van der Waals surface area contributed by atoms with Crippen LogP contribution in [-0.2, 0) is 11.3 Å². The number of hydrogen-bond donors (Lipinski definition) is 1. The summed E-state index contributed by atoms with van der Waals surface area (Å²) in [5.41, 5.74) is 2.64. The number of carboxylic acid groups (broad SMARTS) is 1. The van der Waals surface area contributed by atoms with Crippen molar-refractivity contribution in [1.82, 2.24) is 9.47 Å². The molecular weight excluding hydrogens is 280 g/mol. The third-order valence-electron chi connectivity index (χ3n) is 5.52. The van der Waals surface area contributed by atoms with Gasteiger partial charge in [0.1, 0.15) is 6.04 Å². The topological polar surface area (TPSA) is 62.5 Å².